The maximum Gasteiger partial charge on any atom is 0.139 e. The van der Waals surface area contributed by atoms with Crippen LogP contribution in [-0.2, 0) is 0 Å². The summed E-state index contributed by atoms with van der Waals surface area (Å²) in [5, 5.41) is 0. The molecule has 1 aromatic heterocycles. The highest BCUT2D eigenvalue weighted by molar-refractivity contribution is 9.10. The molecule has 0 saturated heterocycles. The van der Waals surface area contributed by atoms with Gasteiger partial charge in [-0.25, -0.2) is 9.37 Å². The number of nitrogens with zero attached hydrogens (tertiary/aromatic N) is 1. The third kappa shape index (κ3) is 2.44. The van der Waals surface area contributed by atoms with Crippen molar-refractivity contribution in [1.29, 1.82) is 0 Å². The summed E-state index contributed by atoms with van der Waals surface area (Å²) >= 11 is 3.37. The lowest BCUT2D eigenvalue weighted by Crippen LogP contribution is -1.91. The molecule has 100 valence electrons. The largest absolute Gasteiger partial charge is 0.398 e. The normalized spacial score (nSPS) is 10.7. The SMILES string of the molecule is Nc1cc(Br)ccc1-c1ncc(-c2ccc(F)cc2)[nH]1. The number of anilines is 1. The molecule has 0 radical (unpaired) electrons. The molecule has 0 bridgehead atoms. The lowest BCUT2D eigenvalue weighted by Gasteiger charge is -2.03. The summed E-state index contributed by atoms with van der Waals surface area (Å²) in [6, 6.07) is 11.9. The van der Waals surface area contributed by atoms with Crippen LogP contribution < -0.4 is 5.73 Å². The van der Waals surface area contributed by atoms with Crippen LogP contribution in [0.4, 0.5) is 10.1 Å². The monoisotopic (exact) mass is 331 g/mol. The van der Waals surface area contributed by atoms with E-state index in [2.05, 4.69) is 25.9 Å². The van der Waals surface area contributed by atoms with Crippen LogP contribution in [0.1, 0.15) is 0 Å². The maximum atomic E-state index is 12.9. The molecule has 1 heterocycles. The van der Waals surface area contributed by atoms with Crippen molar-refractivity contribution < 1.29 is 4.39 Å². The summed E-state index contributed by atoms with van der Waals surface area (Å²) in [5.41, 5.74) is 9.15. The van der Waals surface area contributed by atoms with Crippen LogP contribution in [0, 0.1) is 5.82 Å². The van der Waals surface area contributed by atoms with Crippen molar-refractivity contribution in [2.75, 3.05) is 5.73 Å². The zero-order valence-corrected chi connectivity index (χ0v) is 12.0. The first-order valence-corrected chi connectivity index (χ1v) is 6.79. The first-order chi connectivity index (χ1) is 9.63. The summed E-state index contributed by atoms with van der Waals surface area (Å²) in [6.45, 7) is 0. The molecule has 0 aliphatic heterocycles. The third-order valence-corrected chi connectivity index (χ3v) is 3.49. The highest BCUT2D eigenvalue weighted by Crippen LogP contribution is 2.28. The van der Waals surface area contributed by atoms with Crippen LogP contribution >= 0.6 is 15.9 Å². The van der Waals surface area contributed by atoms with Crippen molar-refractivity contribution in [3.63, 3.8) is 0 Å². The predicted molar refractivity (Wildman–Crippen MR) is 81.5 cm³/mol. The van der Waals surface area contributed by atoms with E-state index in [4.69, 9.17) is 5.73 Å². The van der Waals surface area contributed by atoms with Crippen LogP contribution in [0.5, 0.6) is 0 Å². The predicted octanol–water partition coefficient (Wildman–Crippen LogP) is 4.23. The molecular weight excluding hydrogens is 321 g/mol. The van der Waals surface area contributed by atoms with Gasteiger partial charge in [0.2, 0.25) is 0 Å². The molecule has 0 aliphatic rings. The fraction of sp³-hybridized carbons (Fsp3) is 0. The van der Waals surface area contributed by atoms with E-state index >= 15 is 0 Å². The number of aromatic amines is 1. The Kier molecular flexibility index (Phi) is 3.28. The highest BCUT2D eigenvalue weighted by Gasteiger charge is 2.08. The second-order valence-electron chi connectivity index (χ2n) is 4.38. The van der Waals surface area contributed by atoms with Gasteiger partial charge in [-0.05, 0) is 48.0 Å². The van der Waals surface area contributed by atoms with Crippen LogP contribution in [-0.4, -0.2) is 9.97 Å². The summed E-state index contributed by atoms with van der Waals surface area (Å²) < 4.78 is 13.8. The van der Waals surface area contributed by atoms with E-state index in [1.807, 2.05) is 18.2 Å². The van der Waals surface area contributed by atoms with Crippen molar-refractivity contribution in [2.24, 2.45) is 0 Å². The number of halogens is 2. The van der Waals surface area contributed by atoms with Crippen molar-refractivity contribution in [1.82, 2.24) is 9.97 Å². The van der Waals surface area contributed by atoms with Crippen LogP contribution in [0.25, 0.3) is 22.6 Å². The van der Waals surface area contributed by atoms with E-state index in [0.717, 1.165) is 21.3 Å². The van der Waals surface area contributed by atoms with Crippen LogP contribution in [0.2, 0.25) is 0 Å². The second kappa shape index (κ2) is 5.09. The summed E-state index contributed by atoms with van der Waals surface area (Å²) in [6.07, 6.45) is 1.71. The van der Waals surface area contributed by atoms with Gasteiger partial charge in [-0.1, -0.05) is 15.9 Å². The Morgan fingerprint density at radius 3 is 2.55 bits per heavy atom. The molecular formula is C15H11BrFN3. The van der Waals surface area contributed by atoms with Gasteiger partial charge < -0.3 is 10.7 Å². The molecule has 3 rings (SSSR count). The summed E-state index contributed by atoms with van der Waals surface area (Å²) in [4.78, 5) is 7.53. The van der Waals surface area contributed by atoms with Gasteiger partial charge in [0.15, 0.2) is 0 Å². The van der Waals surface area contributed by atoms with E-state index in [-0.39, 0.29) is 5.82 Å². The molecule has 0 saturated carbocycles. The number of hydrogen-bond acceptors (Lipinski definition) is 2. The Morgan fingerprint density at radius 2 is 1.85 bits per heavy atom. The maximum absolute atomic E-state index is 12.9. The van der Waals surface area contributed by atoms with Crippen LogP contribution in [0.3, 0.4) is 0 Å². The number of hydrogen-bond donors (Lipinski definition) is 2. The van der Waals surface area contributed by atoms with Gasteiger partial charge in [0.25, 0.3) is 0 Å². The fourth-order valence-corrected chi connectivity index (χ4v) is 2.36. The fourth-order valence-electron chi connectivity index (χ4n) is 1.98. The molecule has 20 heavy (non-hydrogen) atoms. The van der Waals surface area contributed by atoms with Gasteiger partial charge in [0.1, 0.15) is 11.6 Å². The quantitative estimate of drug-likeness (QED) is 0.690. The molecule has 0 aliphatic carbocycles. The lowest BCUT2D eigenvalue weighted by molar-refractivity contribution is 0.628. The zero-order valence-electron chi connectivity index (χ0n) is 10.4. The minimum absolute atomic E-state index is 0.259. The summed E-state index contributed by atoms with van der Waals surface area (Å²) in [5.74, 6) is 0.431. The van der Waals surface area contributed by atoms with E-state index in [1.165, 1.54) is 12.1 Å². The number of nitrogens with two attached hydrogens (primary N) is 1. The van der Waals surface area contributed by atoms with Gasteiger partial charge >= 0.3 is 0 Å². The Hall–Kier alpha value is -2.14. The molecule has 3 N–H and O–H groups in total. The number of nitrogen functional groups attached to an aromatic ring is 1. The summed E-state index contributed by atoms with van der Waals surface area (Å²) in [7, 11) is 0. The molecule has 3 aromatic rings. The van der Waals surface area contributed by atoms with Crippen molar-refractivity contribution in [3.05, 3.63) is 59.0 Å². The molecule has 0 amide bonds. The Balaban J connectivity index is 1.99. The topological polar surface area (TPSA) is 54.7 Å². The van der Waals surface area contributed by atoms with E-state index < -0.39 is 0 Å². The molecule has 2 aromatic carbocycles. The Morgan fingerprint density at radius 1 is 1.10 bits per heavy atom. The number of imidazole rings is 1. The minimum atomic E-state index is -0.259. The third-order valence-electron chi connectivity index (χ3n) is 3.00. The number of aromatic nitrogens is 2. The van der Waals surface area contributed by atoms with E-state index in [1.54, 1.807) is 18.3 Å². The molecule has 3 nitrogen and oxygen atoms in total. The standard InChI is InChI=1S/C15H11BrFN3/c16-10-3-6-12(13(18)7-10)15-19-8-14(20-15)9-1-4-11(17)5-2-9/h1-8H,18H2,(H,19,20). The average Bonchev–Trinajstić information content (AvgIpc) is 2.89. The number of nitrogens with one attached hydrogen (secondary N) is 1. The number of benzene rings is 2. The first-order valence-electron chi connectivity index (χ1n) is 6.00. The van der Waals surface area contributed by atoms with Crippen molar-refractivity contribution in [2.45, 2.75) is 0 Å². The molecule has 0 atom stereocenters. The number of rotatable bonds is 2. The first kappa shape index (κ1) is 12.9. The van der Waals surface area contributed by atoms with Gasteiger partial charge in [-0.15, -0.1) is 0 Å². The molecule has 0 fully saturated rings. The van der Waals surface area contributed by atoms with Crippen molar-refractivity contribution in [3.8, 4) is 22.6 Å². The molecule has 5 heteroatoms. The van der Waals surface area contributed by atoms with Gasteiger partial charge in [-0.3, -0.25) is 0 Å². The second-order valence-corrected chi connectivity index (χ2v) is 5.30. The van der Waals surface area contributed by atoms with E-state index in [0.29, 0.717) is 11.5 Å². The van der Waals surface area contributed by atoms with Crippen molar-refractivity contribution >= 4 is 21.6 Å². The lowest BCUT2D eigenvalue weighted by atomic mass is 10.1. The molecule has 0 unspecified atom stereocenters. The zero-order chi connectivity index (χ0) is 14.1. The highest BCUT2D eigenvalue weighted by atomic mass is 79.9. The van der Waals surface area contributed by atoms with Gasteiger partial charge in [0, 0.05) is 15.7 Å². The Labute approximate surface area is 123 Å². The van der Waals surface area contributed by atoms with Gasteiger partial charge in [-0.2, -0.15) is 0 Å². The number of H-pyrrole nitrogens is 1. The smallest absolute Gasteiger partial charge is 0.139 e. The van der Waals surface area contributed by atoms with Crippen LogP contribution in [0.15, 0.2) is 53.1 Å². The Bertz CT molecular complexity index is 750. The minimum Gasteiger partial charge on any atom is -0.398 e. The average molecular weight is 332 g/mol. The molecule has 0 spiro atoms. The van der Waals surface area contributed by atoms with E-state index in [9.17, 15) is 4.39 Å². The van der Waals surface area contributed by atoms with Gasteiger partial charge in [0.05, 0.1) is 11.9 Å².